The van der Waals surface area contributed by atoms with Gasteiger partial charge in [0.2, 0.25) is 5.91 Å². The molecule has 1 N–H and O–H groups in total. The molecule has 0 aliphatic heterocycles. The van der Waals surface area contributed by atoms with Gasteiger partial charge >= 0.3 is 0 Å². The van der Waals surface area contributed by atoms with Crippen LogP contribution in [0.5, 0.6) is 5.75 Å². The Morgan fingerprint density at radius 1 is 1.00 bits per heavy atom. The average Bonchev–Trinajstić information content (AvgIpc) is 3.72. The van der Waals surface area contributed by atoms with Crippen molar-refractivity contribution in [3.8, 4) is 16.2 Å². The second-order valence-corrected chi connectivity index (χ2v) is 13.1. The number of carbonyl (C=O) groups excluding carboxylic acids is 1. The fraction of sp³-hybridized carbons (Fsp3) is 0.545. The summed E-state index contributed by atoms with van der Waals surface area (Å²) in [7, 11) is 1.69. The smallest absolute Gasteiger partial charge is 0.230 e. The summed E-state index contributed by atoms with van der Waals surface area (Å²) >= 11 is 1.79. The molecule has 0 saturated heterocycles. The van der Waals surface area contributed by atoms with Gasteiger partial charge in [-0.1, -0.05) is 12.1 Å². The molecule has 3 aliphatic carbocycles. The SMILES string of the molecule is COc1ccc(C2CCC(CN(C(=O)C3CCC(O)CC3)c3cccc(-c4cnc(C5CC5)s4)c3)CC2)nc1C. The Morgan fingerprint density at radius 3 is 2.45 bits per heavy atom. The normalized spacial score (nSPS) is 25.0. The van der Waals surface area contributed by atoms with Gasteiger partial charge in [-0.15, -0.1) is 11.3 Å². The van der Waals surface area contributed by atoms with Gasteiger partial charge in [0.15, 0.2) is 0 Å². The van der Waals surface area contributed by atoms with Crippen LogP contribution in [0.25, 0.3) is 10.4 Å². The van der Waals surface area contributed by atoms with Gasteiger partial charge in [0.05, 0.1) is 28.8 Å². The number of ether oxygens (including phenoxy) is 1. The molecule has 2 aromatic heterocycles. The molecule has 40 heavy (non-hydrogen) atoms. The molecule has 3 saturated carbocycles. The molecule has 6 nitrogen and oxygen atoms in total. The highest BCUT2D eigenvalue weighted by atomic mass is 32.1. The van der Waals surface area contributed by atoms with Gasteiger partial charge in [0.25, 0.3) is 0 Å². The number of aromatic nitrogens is 2. The van der Waals surface area contributed by atoms with Gasteiger partial charge in [-0.2, -0.15) is 0 Å². The molecule has 0 atom stereocenters. The first-order valence-corrected chi connectivity index (χ1v) is 15.9. The van der Waals surface area contributed by atoms with Crippen molar-refractivity contribution in [3.63, 3.8) is 0 Å². The molecule has 1 amide bonds. The lowest BCUT2D eigenvalue weighted by molar-refractivity contribution is -0.124. The van der Waals surface area contributed by atoms with E-state index in [4.69, 9.17) is 9.72 Å². The molecule has 3 fully saturated rings. The van der Waals surface area contributed by atoms with Crippen molar-refractivity contribution in [3.05, 3.63) is 59.0 Å². The largest absolute Gasteiger partial charge is 0.495 e. The summed E-state index contributed by atoms with van der Waals surface area (Å²) < 4.78 is 5.40. The zero-order chi connectivity index (χ0) is 27.6. The van der Waals surface area contributed by atoms with Crippen LogP contribution in [-0.4, -0.2) is 40.7 Å². The fourth-order valence-corrected chi connectivity index (χ4v) is 7.63. The second-order valence-electron chi connectivity index (χ2n) is 12.1. The van der Waals surface area contributed by atoms with E-state index in [1.807, 2.05) is 19.2 Å². The lowest BCUT2D eigenvalue weighted by Crippen LogP contribution is -2.41. The van der Waals surface area contributed by atoms with Gasteiger partial charge in [-0.3, -0.25) is 9.78 Å². The zero-order valence-corrected chi connectivity index (χ0v) is 24.5. The molecule has 0 unspecified atom stereocenters. The summed E-state index contributed by atoms with van der Waals surface area (Å²) in [6.45, 7) is 2.76. The monoisotopic (exact) mass is 559 g/mol. The van der Waals surface area contributed by atoms with Crippen molar-refractivity contribution < 1.29 is 14.6 Å². The van der Waals surface area contributed by atoms with Gasteiger partial charge in [-0.05, 0) is 107 Å². The standard InChI is InChI=1S/C33H41N3O3S/c1-21-30(39-2)17-16-29(35-21)23-8-6-22(7-9-23)20-36(33(38)25-12-14-28(37)15-13-25)27-5-3-4-26(18-27)31-19-34-32(40-31)24-10-11-24/h3-5,16-19,22-25,28,37H,6-15,20H2,1-2H3. The van der Waals surface area contributed by atoms with Crippen LogP contribution in [0.1, 0.15) is 92.4 Å². The number of rotatable bonds is 8. The molecule has 7 heteroatoms. The van der Waals surface area contributed by atoms with E-state index in [1.165, 1.54) is 22.7 Å². The number of aliphatic hydroxyl groups excluding tert-OH is 1. The summed E-state index contributed by atoms with van der Waals surface area (Å²) in [5, 5.41) is 11.3. The highest BCUT2D eigenvalue weighted by Crippen LogP contribution is 2.44. The molecular formula is C33H41N3O3S. The van der Waals surface area contributed by atoms with Gasteiger partial charge < -0.3 is 14.7 Å². The lowest BCUT2D eigenvalue weighted by Gasteiger charge is -2.35. The number of anilines is 1. The van der Waals surface area contributed by atoms with Crippen LogP contribution in [0, 0.1) is 18.8 Å². The van der Waals surface area contributed by atoms with Crippen molar-refractivity contribution in [2.45, 2.75) is 89.1 Å². The van der Waals surface area contributed by atoms with Crippen LogP contribution < -0.4 is 9.64 Å². The molecule has 3 aliphatic rings. The van der Waals surface area contributed by atoms with E-state index < -0.39 is 0 Å². The molecule has 0 radical (unpaired) electrons. The first-order valence-electron chi connectivity index (χ1n) is 15.1. The van der Waals surface area contributed by atoms with E-state index >= 15 is 0 Å². The summed E-state index contributed by atoms with van der Waals surface area (Å²) in [6, 6.07) is 12.7. The second kappa shape index (κ2) is 12.0. The molecule has 212 valence electrons. The van der Waals surface area contributed by atoms with Crippen LogP contribution >= 0.6 is 11.3 Å². The summed E-state index contributed by atoms with van der Waals surface area (Å²) in [5.74, 6) is 2.61. The third-order valence-electron chi connectivity index (χ3n) is 9.19. The first kappa shape index (κ1) is 27.4. The molecule has 2 heterocycles. The number of benzene rings is 1. The summed E-state index contributed by atoms with van der Waals surface area (Å²) in [5.41, 5.74) is 4.24. The third-order valence-corrected chi connectivity index (χ3v) is 10.4. The number of thiazole rings is 1. The minimum absolute atomic E-state index is 0.0141. The predicted octanol–water partition coefficient (Wildman–Crippen LogP) is 7.26. The Labute approximate surface area is 241 Å². The van der Waals surface area contributed by atoms with Crippen LogP contribution in [0.3, 0.4) is 0 Å². The number of pyridine rings is 1. The fourth-order valence-electron chi connectivity index (χ4n) is 6.54. The quantitative estimate of drug-likeness (QED) is 0.314. The zero-order valence-electron chi connectivity index (χ0n) is 23.7. The Kier molecular flexibility index (Phi) is 8.22. The van der Waals surface area contributed by atoms with Crippen LogP contribution in [0.4, 0.5) is 5.69 Å². The topological polar surface area (TPSA) is 75.5 Å². The number of hydrogen-bond donors (Lipinski definition) is 1. The number of hydrogen-bond acceptors (Lipinski definition) is 6. The van der Waals surface area contributed by atoms with Crippen molar-refractivity contribution in [1.29, 1.82) is 0 Å². The highest BCUT2D eigenvalue weighted by molar-refractivity contribution is 7.15. The molecule has 3 aromatic rings. The van der Waals surface area contributed by atoms with Gasteiger partial charge in [0.1, 0.15) is 5.75 Å². The molecule has 1 aromatic carbocycles. The maximum atomic E-state index is 14.0. The number of aryl methyl sites for hydroxylation is 1. The van der Waals surface area contributed by atoms with Crippen molar-refractivity contribution >= 4 is 22.9 Å². The molecular weight excluding hydrogens is 518 g/mol. The van der Waals surface area contributed by atoms with E-state index in [1.54, 1.807) is 18.4 Å². The van der Waals surface area contributed by atoms with E-state index in [9.17, 15) is 9.90 Å². The summed E-state index contributed by atoms with van der Waals surface area (Å²) in [6.07, 6.45) is 11.6. The summed E-state index contributed by atoms with van der Waals surface area (Å²) in [4.78, 5) is 26.8. The third kappa shape index (κ3) is 6.10. The number of carbonyl (C=O) groups is 1. The minimum Gasteiger partial charge on any atom is -0.495 e. The Morgan fingerprint density at radius 2 is 1.75 bits per heavy atom. The number of methoxy groups -OCH3 is 1. The molecule has 0 bridgehead atoms. The first-order chi connectivity index (χ1) is 19.5. The van der Waals surface area contributed by atoms with Gasteiger partial charge in [-0.25, -0.2) is 4.98 Å². The maximum Gasteiger partial charge on any atom is 0.230 e. The number of nitrogens with zero attached hydrogens (tertiary/aromatic N) is 3. The maximum absolute atomic E-state index is 14.0. The van der Waals surface area contributed by atoms with E-state index in [-0.39, 0.29) is 17.9 Å². The predicted molar refractivity (Wildman–Crippen MR) is 160 cm³/mol. The van der Waals surface area contributed by atoms with E-state index in [0.29, 0.717) is 30.6 Å². The van der Waals surface area contributed by atoms with Crippen molar-refractivity contribution in [2.75, 3.05) is 18.6 Å². The lowest BCUT2D eigenvalue weighted by atomic mass is 9.79. The number of aliphatic hydroxyl groups is 1. The average molecular weight is 560 g/mol. The van der Waals surface area contributed by atoms with Crippen LogP contribution in [0.15, 0.2) is 42.6 Å². The highest BCUT2D eigenvalue weighted by Gasteiger charge is 2.33. The Hall–Kier alpha value is -2.77. The molecule has 0 spiro atoms. The van der Waals surface area contributed by atoms with Crippen LogP contribution in [-0.2, 0) is 4.79 Å². The van der Waals surface area contributed by atoms with E-state index in [0.717, 1.165) is 73.5 Å². The van der Waals surface area contributed by atoms with Crippen molar-refractivity contribution in [2.24, 2.45) is 11.8 Å². The van der Waals surface area contributed by atoms with E-state index in [2.05, 4.69) is 40.2 Å². The number of amides is 1. The minimum atomic E-state index is -0.265. The van der Waals surface area contributed by atoms with Crippen LogP contribution in [0.2, 0.25) is 0 Å². The Balaban J connectivity index is 1.19. The van der Waals surface area contributed by atoms with Gasteiger partial charge in [0, 0.05) is 41.9 Å². The van der Waals surface area contributed by atoms with Crippen molar-refractivity contribution in [1.82, 2.24) is 9.97 Å². The molecule has 6 rings (SSSR count). The Bertz CT molecular complexity index is 1320.